The third kappa shape index (κ3) is 58.8. The number of carbonyl (C=O) groups excluding carboxylic acids is 4. The quantitative estimate of drug-likeness (QED) is 0.0222. The summed E-state index contributed by atoms with van der Waals surface area (Å²) in [6.45, 7) is 11.6. The predicted octanol–water partition coefficient (Wildman–Crippen LogP) is 17.5. The molecule has 0 aromatic heterocycles. The van der Waals surface area contributed by atoms with Crippen LogP contribution in [0.25, 0.3) is 0 Å². The van der Waals surface area contributed by atoms with Gasteiger partial charge in [0.1, 0.15) is 19.3 Å². The van der Waals surface area contributed by atoms with Gasteiger partial charge in [-0.15, -0.1) is 0 Å². The SMILES string of the molecule is CCCCCCCCCCCCCCC(=O)OC[C@H](COP(=O)(O)OC[C@@H](O)COP(=O)(O)OC[C@@H](COC(=O)CCCCCCCCC(C)C)OC(=O)CCCCCCCCCC(C)C)OC(=O)CCCCCCCCCCCC(C)C. The molecule has 0 saturated heterocycles. The second-order valence-corrected chi connectivity index (χ2v) is 27.5. The van der Waals surface area contributed by atoms with E-state index in [0.29, 0.717) is 37.5 Å². The van der Waals surface area contributed by atoms with Crippen molar-refractivity contribution in [3.8, 4) is 0 Å². The van der Waals surface area contributed by atoms with Crippen LogP contribution in [0.3, 0.4) is 0 Å². The largest absolute Gasteiger partial charge is 0.472 e. The van der Waals surface area contributed by atoms with Crippen molar-refractivity contribution in [2.24, 2.45) is 17.8 Å². The van der Waals surface area contributed by atoms with Crippen molar-refractivity contribution in [3.63, 3.8) is 0 Å². The number of ether oxygens (including phenoxy) is 4. The summed E-state index contributed by atoms with van der Waals surface area (Å²) in [5.74, 6) is -0.0272. The number of carbonyl (C=O) groups is 4. The van der Waals surface area contributed by atoms with Crippen LogP contribution in [0.4, 0.5) is 0 Å². The highest BCUT2D eigenvalue weighted by molar-refractivity contribution is 7.47. The van der Waals surface area contributed by atoms with E-state index in [1.807, 2.05) is 0 Å². The third-order valence-corrected chi connectivity index (χ3v) is 16.5. The Morgan fingerprint density at radius 3 is 0.819 bits per heavy atom. The molecule has 0 radical (unpaired) electrons. The van der Waals surface area contributed by atoms with Crippen LogP contribution >= 0.6 is 15.6 Å². The minimum absolute atomic E-state index is 0.102. The van der Waals surface area contributed by atoms with E-state index in [1.54, 1.807) is 0 Å². The highest BCUT2D eigenvalue weighted by atomic mass is 31.2. The smallest absolute Gasteiger partial charge is 0.462 e. The number of esters is 4. The number of aliphatic hydroxyl groups is 1. The maximum absolute atomic E-state index is 13.0. The summed E-state index contributed by atoms with van der Waals surface area (Å²) in [4.78, 5) is 72.2. The zero-order valence-electron chi connectivity index (χ0n) is 53.6. The Kier molecular flexibility index (Phi) is 54.1. The van der Waals surface area contributed by atoms with Gasteiger partial charge >= 0.3 is 39.5 Å². The number of rotatable bonds is 62. The van der Waals surface area contributed by atoms with E-state index in [-0.39, 0.29) is 25.7 Å². The third-order valence-electron chi connectivity index (χ3n) is 14.6. The lowest BCUT2D eigenvalue weighted by atomic mass is 10.0. The summed E-state index contributed by atoms with van der Waals surface area (Å²) < 4.78 is 68.0. The van der Waals surface area contributed by atoms with Gasteiger partial charge in [-0.1, -0.05) is 260 Å². The molecule has 0 rings (SSSR count). The fourth-order valence-electron chi connectivity index (χ4n) is 9.48. The molecule has 83 heavy (non-hydrogen) atoms. The Bertz CT molecular complexity index is 1650. The molecule has 0 aromatic carbocycles. The van der Waals surface area contributed by atoms with Crippen LogP contribution in [0.1, 0.15) is 312 Å². The first-order valence-electron chi connectivity index (χ1n) is 33.3. The van der Waals surface area contributed by atoms with Crippen LogP contribution in [0.2, 0.25) is 0 Å². The molecule has 5 atom stereocenters. The predicted molar refractivity (Wildman–Crippen MR) is 331 cm³/mol. The van der Waals surface area contributed by atoms with Crippen molar-refractivity contribution in [3.05, 3.63) is 0 Å². The molecule has 2 unspecified atom stereocenters. The number of aliphatic hydroxyl groups excluding tert-OH is 1. The molecule has 0 aliphatic rings. The van der Waals surface area contributed by atoms with Crippen molar-refractivity contribution < 1.29 is 80.2 Å². The van der Waals surface area contributed by atoms with E-state index in [9.17, 15) is 43.2 Å². The van der Waals surface area contributed by atoms with Crippen molar-refractivity contribution in [1.29, 1.82) is 0 Å². The molecular weight excluding hydrogens is 1100 g/mol. The van der Waals surface area contributed by atoms with Gasteiger partial charge in [-0.25, -0.2) is 9.13 Å². The molecule has 0 aliphatic carbocycles. The molecule has 0 heterocycles. The maximum atomic E-state index is 13.0. The van der Waals surface area contributed by atoms with E-state index in [4.69, 9.17) is 37.0 Å². The molecule has 0 saturated carbocycles. The van der Waals surface area contributed by atoms with Crippen LogP contribution in [0.15, 0.2) is 0 Å². The standard InChI is InChI=1S/C64H124O17P2/c1-8-9-10-11-12-13-14-15-18-23-31-38-45-61(66)74-51-59(80-63(68)47-40-33-24-19-16-17-21-28-35-42-55(2)3)53-78-82(70,71)76-49-58(65)50-77-83(72,73)79-54-60(52-75-62(67)46-39-32-27-26-30-37-44-57(6)7)81-64(69)48-41-34-25-20-22-29-36-43-56(4)5/h55-60,65H,8-54H2,1-7H3,(H,70,71)(H,72,73)/t58-,59-,60-/m1/s1. The lowest BCUT2D eigenvalue weighted by Crippen LogP contribution is -2.30. The summed E-state index contributed by atoms with van der Waals surface area (Å²) in [6.07, 6.45) is 36.4. The van der Waals surface area contributed by atoms with Crippen molar-refractivity contribution in [2.75, 3.05) is 39.6 Å². The fourth-order valence-corrected chi connectivity index (χ4v) is 11.1. The van der Waals surface area contributed by atoms with Crippen molar-refractivity contribution in [1.82, 2.24) is 0 Å². The first-order valence-corrected chi connectivity index (χ1v) is 36.3. The molecular formula is C64H124O17P2. The fraction of sp³-hybridized carbons (Fsp3) is 0.938. The summed E-state index contributed by atoms with van der Waals surface area (Å²) in [6, 6.07) is 0. The highest BCUT2D eigenvalue weighted by Crippen LogP contribution is 2.45. The second-order valence-electron chi connectivity index (χ2n) is 24.6. The van der Waals surface area contributed by atoms with E-state index in [1.165, 1.54) is 116 Å². The van der Waals surface area contributed by atoms with Crippen LogP contribution in [0, 0.1) is 17.8 Å². The Labute approximate surface area is 505 Å². The van der Waals surface area contributed by atoms with Gasteiger partial charge in [-0.05, 0) is 43.4 Å². The normalized spacial score (nSPS) is 14.4. The molecule has 0 bridgehead atoms. The van der Waals surface area contributed by atoms with Gasteiger partial charge in [0.25, 0.3) is 0 Å². The van der Waals surface area contributed by atoms with Crippen LogP contribution in [-0.4, -0.2) is 96.7 Å². The van der Waals surface area contributed by atoms with Gasteiger partial charge in [0.2, 0.25) is 0 Å². The Morgan fingerprint density at radius 2 is 0.554 bits per heavy atom. The van der Waals surface area contributed by atoms with Crippen LogP contribution in [0.5, 0.6) is 0 Å². The summed E-state index contributed by atoms with van der Waals surface area (Å²) in [5.41, 5.74) is 0. The van der Waals surface area contributed by atoms with Gasteiger partial charge in [0, 0.05) is 25.7 Å². The van der Waals surface area contributed by atoms with Gasteiger partial charge < -0.3 is 33.8 Å². The summed E-state index contributed by atoms with van der Waals surface area (Å²) >= 11 is 0. The summed E-state index contributed by atoms with van der Waals surface area (Å²) in [7, 11) is -9.89. The van der Waals surface area contributed by atoms with Gasteiger partial charge in [0.15, 0.2) is 12.2 Å². The molecule has 492 valence electrons. The van der Waals surface area contributed by atoms with Crippen LogP contribution in [-0.2, 0) is 65.4 Å². The molecule has 0 fully saturated rings. The van der Waals surface area contributed by atoms with E-state index in [0.717, 1.165) is 102 Å². The average Bonchev–Trinajstić information content (AvgIpc) is 3.44. The first-order chi connectivity index (χ1) is 39.7. The minimum Gasteiger partial charge on any atom is -0.462 e. The zero-order chi connectivity index (χ0) is 61.7. The molecule has 19 heteroatoms. The number of hydrogen-bond donors (Lipinski definition) is 3. The molecule has 0 aromatic rings. The average molecular weight is 1230 g/mol. The van der Waals surface area contributed by atoms with Crippen molar-refractivity contribution in [2.45, 2.75) is 330 Å². The lowest BCUT2D eigenvalue weighted by Gasteiger charge is -2.21. The first kappa shape index (κ1) is 81.1. The van der Waals surface area contributed by atoms with E-state index >= 15 is 0 Å². The van der Waals surface area contributed by atoms with E-state index < -0.39 is 97.5 Å². The van der Waals surface area contributed by atoms with Gasteiger partial charge in [-0.3, -0.25) is 37.3 Å². The van der Waals surface area contributed by atoms with Crippen molar-refractivity contribution >= 4 is 39.5 Å². The number of hydrogen-bond acceptors (Lipinski definition) is 15. The van der Waals surface area contributed by atoms with E-state index in [2.05, 4.69) is 48.5 Å². The number of unbranched alkanes of at least 4 members (excludes halogenated alkanes) is 30. The monoisotopic (exact) mass is 1230 g/mol. The van der Waals surface area contributed by atoms with Gasteiger partial charge in [-0.2, -0.15) is 0 Å². The Hall–Kier alpha value is -1.94. The molecule has 0 amide bonds. The number of phosphoric ester groups is 2. The molecule has 3 N–H and O–H groups in total. The lowest BCUT2D eigenvalue weighted by molar-refractivity contribution is -0.161. The molecule has 0 aliphatic heterocycles. The minimum atomic E-state index is -4.94. The molecule has 0 spiro atoms. The zero-order valence-corrected chi connectivity index (χ0v) is 55.4. The summed E-state index contributed by atoms with van der Waals surface area (Å²) in [5, 5.41) is 10.5. The highest BCUT2D eigenvalue weighted by Gasteiger charge is 2.30. The topological polar surface area (TPSA) is 237 Å². The van der Waals surface area contributed by atoms with Gasteiger partial charge in [0.05, 0.1) is 26.4 Å². The second kappa shape index (κ2) is 55.4. The Balaban J connectivity index is 5.25. The Morgan fingerprint density at radius 1 is 0.325 bits per heavy atom. The molecule has 17 nitrogen and oxygen atoms in total. The maximum Gasteiger partial charge on any atom is 0.472 e. The van der Waals surface area contributed by atoms with Crippen LogP contribution < -0.4 is 0 Å². The number of phosphoric acid groups is 2.